The molecule has 1 fully saturated rings. The van der Waals surface area contributed by atoms with E-state index in [2.05, 4.69) is 0 Å². The van der Waals surface area contributed by atoms with Crippen molar-refractivity contribution in [3.05, 3.63) is 0 Å². The molecule has 0 aromatic heterocycles. The topological polar surface area (TPSA) is 43.4 Å². The van der Waals surface area contributed by atoms with Crippen LogP contribution in [0.15, 0.2) is 0 Å². The monoisotopic (exact) mass is 262 g/mol. The minimum atomic E-state index is -0.528. The van der Waals surface area contributed by atoms with E-state index in [1.807, 2.05) is 6.92 Å². The molecule has 0 bridgehead atoms. The minimum absolute atomic E-state index is 0.135. The van der Waals surface area contributed by atoms with Crippen LogP contribution in [0, 0.1) is 0 Å². The first-order valence-corrected chi connectivity index (χ1v) is 7.52. The van der Waals surface area contributed by atoms with Crippen LogP contribution in [0.3, 0.4) is 0 Å². The second kappa shape index (κ2) is 6.55. The summed E-state index contributed by atoms with van der Waals surface area (Å²) >= 11 is 3.27. The molecule has 3 nitrogen and oxygen atoms in total. The number of hydrogen-bond donors (Lipinski definition) is 0. The molecule has 1 heterocycles. The SMILES string of the molecule is CCOC(=O)C1(CCC(C)=O)SCCCS1. The summed E-state index contributed by atoms with van der Waals surface area (Å²) in [5.41, 5.74) is 0. The van der Waals surface area contributed by atoms with Crippen LogP contribution in [0.2, 0.25) is 0 Å². The second-order valence-corrected chi connectivity index (χ2v) is 6.77. The highest BCUT2D eigenvalue weighted by Gasteiger charge is 2.42. The molecule has 5 heteroatoms. The summed E-state index contributed by atoms with van der Waals surface area (Å²) in [7, 11) is 0. The Balaban J connectivity index is 2.66. The van der Waals surface area contributed by atoms with Gasteiger partial charge >= 0.3 is 5.97 Å². The third kappa shape index (κ3) is 3.70. The van der Waals surface area contributed by atoms with Gasteiger partial charge < -0.3 is 9.53 Å². The molecule has 0 unspecified atom stereocenters. The Morgan fingerprint density at radius 1 is 1.31 bits per heavy atom. The first-order chi connectivity index (χ1) is 7.60. The van der Waals surface area contributed by atoms with Crippen molar-refractivity contribution in [1.82, 2.24) is 0 Å². The zero-order chi connectivity index (χ0) is 12.0. The van der Waals surface area contributed by atoms with E-state index in [1.165, 1.54) is 0 Å². The highest BCUT2D eigenvalue weighted by Crippen LogP contribution is 2.46. The Labute approximate surface area is 105 Å². The highest BCUT2D eigenvalue weighted by molar-refractivity contribution is 8.19. The van der Waals surface area contributed by atoms with E-state index in [1.54, 1.807) is 30.4 Å². The molecule has 0 spiro atoms. The summed E-state index contributed by atoms with van der Waals surface area (Å²) in [6.45, 7) is 3.79. The normalized spacial score (nSPS) is 19.1. The van der Waals surface area contributed by atoms with Crippen molar-refractivity contribution < 1.29 is 14.3 Å². The van der Waals surface area contributed by atoms with Crippen LogP contribution < -0.4 is 0 Å². The summed E-state index contributed by atoms with van der Waals surface area (Å²) in [6.07, 6.45) is 2.17. The van der Waals surface area contributed by atoms with Crippen LogP contribution in [0.1, 0.15) is 33.1 Å². The zero-order valence-corrected chi connectivity index (χ0v) is 11.4. The molecule has 0 radical (unpaired) electrons. The van der Waals surface area contributed by atoms with E-state index in [0.717, 1.165) is 17.9 Å². The van der Waals surface area contributed by atoms with Gasteiger partial charge in [-0.3, -0.25) is 0 Å². The predicted molar refractivity (Wildman–Crippen MR) is 68.8 cm³/mol. The van der Waals surface area contributed by atoms with Crippen molar-refractivity contribution in [2.24, 2.45) is 0 Å². The van der Waals surface area contributed by atoms with Gasteiger partial charge in [-0.15, -0.1) is 23.5 Å². The van der Waals surface area contributed by atoms with Gasteiger partial charge in [0, 0.05) is 6.42 Å². The third-order valence-corrected chi connectivity index (χ3v) is 5.72. The Bertz CT molecular complexity index is 260. The number of carbonyl (C=O) groups excluding carboxylic acids is 2. The average Bonchev–Trinajstić information content (AvgIpc) is 2.28. The summed E-state index contributed by atoms with van der Waals surface area (Å²) in [5.74, 6) is 1.93. The molecular formula is C11H18O3S2. The number of esters is 1. The van der Waals surface area contributed by atoms with Gasteiger partial charge in [-0.25, -0.2) is 4.79 Å². The Kier molecular flexibility index (Phi) is 5.69. The Hall–Kier alpha value is -0.160. The Morgan fingerprint density at radius 3 is 2.44 bits per heavy atom. The summed E-state index contributed by atoms with van der Waals surface area (Å²) in [6, 6.07) is 0. The van der Waals surface area contributed by atoms with Gasteiger partial charge in [0.15, 0.2) is 4.08 Å². The molecule has 0 amide bonds. The van der Waals surface area contributed by atoms with Crippen LogP contribution in [0.5, 0.6) is 0 Å². The van der Waals surface area contributed by atoms with Gasteiger partial charge in [-0.05, 0) is 38.2 Å². The number of thioether (sulfide) groups is 2. The van der Waals surface area contributed by atoms with Gasteiger partial charge in [0.25, 0.3) is 0 Å². The second-order valence-electron chi connectivity index (χ2n) is 3.73. The summed E-state index contributed by atoms with van der Waals surface area (Å²) in [4.78, 5) is 23.0. The number of ketones is 1. The minimum Gasteiger partial charge on any atom is -0.464 e. The molecule has 1 aliphatic heterocycles. The average molecular weight is 262 g/mol. The highest BCUT2D eigenvalue weighted by atomic mass is 32.2. The molecule has 0 atom stereocenters. The lowest BCUT2D eigenvalue weighted by atomic mass is 10.2. The van der Waals surface area contributed by atoms with Crippen LogP contribution in [-0.4, -0.2) is 33.9 Å². The maximum absolute atomic E-state index is 12.0. The quantitative estimate of drug-likeness (QED) is 0.712. The molecule has 16 heavy (non-hydrogen) atoms. The molecule has 1 rings (SSSR count). The van der Waals surface area contributed by atoms with E-state index < -0.39 is 4.08 Å². The predicted octanol–water partition coefficient (Wildman–Crippen LogP) is 2.49. The van der Waals surface area contributed by atoms with E-state index in [-0.39, 0.29) is 11.8 Å². The summed E-state index contributed by atoms with van der Waals surface area (Å²) in [5, 5.41) is 0. The van der Waals surface area contributed by atoms with Crippen molar-refractivity contribution in [2.45, 2.75) is 37.2 Å². The molecule has 1 aliphatic rings. The number of hydrogen-bond acceptors (Lipinski definition) is 5. The Morgan fingerprint density at radius 2 is 1.94 bits per heavy atom. The number of rotatable bonds is 5. The first kappa shape index (κ1) is 13.9. The molecule has 0 aromatic rings. The standard InChI is InChI=1S/C11H18O3S2/c1-3-14-10(13)11(6-5-9(2)12)15-7-4-8-16-11/h3-8H2,1-2H3. The third-order valence-electron chi connectivity index (χ3n) is 2.35. The number of Topliss-reactive ketones (excluding diaryl/α,β-unsaturated/α-hetero) is 1. The van der Waals surface area contributed by atoms with E-state index in [4.69, 9.17) is 4.74 Å². The van der Waals surface area contributed by atoms with Gasteiger partial charge in [-0.2, -0.15) is 0 Å². The van der Waals surface area contributed by atoms with Crippen LogP contribution in [0.25, 0.3) is 0 Å². The number of carbonyl (C=O) groups is 2. The van der Waals surface area contributed by atoms with Crippen LogP contribution >= 0.6 is 23.5 Å². The molecule has 0 saturated carbocycles. The van der Waals surface area contributed by atoms with Gasteiger partial charge in [-0.1, -0.05) is 0 Å². The van der Waals surface area contributed by atoms with Gasteiger partial charge in [0.1, 0.15) is 5.78 Å². The van der Waals surface area contributed by atoms with Crippen molar-refractivity contribution in [3.8, 4) is 0 Å². The fourth-order valence-corrected chi connectivity index (χ4v) is 4.62. The number of ether oxygens (including phenoxy) is 1. The molecule has 92 valence electrons. The zero-order valence-electron chi connectivity index (χ0n) is 9.78. The van der Waals surface area contributed by atoms with Crippen molar-refractivity contribution in [1.29, 1.82) is 0 Å². The van der Waals surface area contributed by atoms with Crippen LogP contribution in [-0.2, 0) is 14.3 Å². The van der Waals surface area contributed by atoms with E-state index >= 15 is 0 Å². The lowest BCUT2D eigenvalue weighted by Crippen LogP contribution is -2.37. The molecular weight excluding hydrogens is 244 g/mol. The van der Waals surface area contributed by atoms with Gasteiger partial charge in [0.2, 0.25) is 0 Å². The molecule has 0 aliphatic carbocycles. The van der Waals surface area contributed by atoms with E-state index in [9.17, 15) is 9.59 Å². The maximum atomic E-state index is 12.0. The van der Waals surface area contributed by atoms with Crippen molar-refractivity contribution in [3.63, 3.8) is 0 Å². The van der Waals surface area contributed by atoms with Crippen LogP contribution in [0.4, 0.5) is 0 Å². The molecule has 1 saturated heterocycles. The smallest absolute Gasteiger partial charge is 0.332 e. The lowest BCUT2D eigenvalue weighted by molar-refractivity contribution is -0.143. The maximum Gasteiger partial charge on any atom is 0.332 e. The molecule has 0 N–H and O–H groups in total. The van der Waals surface area contributed by atoms with E-state index in [0.29, 0.717) is 19.4 Å². The largest absolute Gasteiger partial charge is 0.464 e. The first-order valence-electron chi connectivity index (χ1n) is 5.55. The fourth-order valence-electron chi connectivity index (χ4n) is 1.52. The fraction of sp³-hybridized carbons (Fsp3) is 0.818. The van der Waals surface area contributed by atoms with Crippen molar-refractivity contribution >= 4 is 35.3 Å². The summed E-state index contributed by atoms with van der Waals surface area (Å²) < 4.78 is 4.60. The van der Waals surface area contributed by atoms with Gasteiger partial charge in [0.05, 0.1) is 6.61 Å². The lowest BCUT2D eigenvalue weighted by Gasteiger charge is -2.33. The van der Waals surface area contributed by atoms with Crippen molar-refractivity contribution in [2.75, 3.05) is 18.1 Å². The molecule has 0 aromatic carbocycles.